The topological polar surface area (TPSA) is 55.8 Å². The van der Waals surface area contributed by atoms with Gasteiger partial charge in [0.15, 0.2) is 0 Å². The molecule has 5 nitrogen and oxygen atoms in total. The van der Waals surface area contributed by atoms with Crippen molar-refractivity contribution in [1.29, 1.82) is 0 Å². The number of ether oxygens (including phenoxy) is 2. The first-order chi connectivity index (χ1) is 14.1. The molecule has 29 heavy (non-hydrogen) atoms. The Morgan fingerprint density at radius 2 is 1.72 bits per heavy atom. The van der Waals surface area contributed by atoms with Crippen LogP contribution < -0.4 is 0 Å². The lowest BCUT2D eigenvalue weighted by Gasteiger charge is -2.37. The molecular weight excluding hydrogens is 373 g/mol. The van der Waals surface area contributed by atoms with Gasteiger partial charge in [-0.2, -0.15) is 0 Å². The smallest absolute Gasteiger partial charge is 0.410 e. The van der Waals surface area contributed by atoms with Gasteiger partial charge in [-0.3, -0.25) is 9.69 Å². The second-order valence-corrected chi connectivity index (χ2v) is 7.33. The third-order valence-corrected chi connectivity index (χ3v) is 5.18. The number of esters is 1. The van der Waals surface area contributed by atoms with Crippen LogP contribution in [0.3, 0.4) is 0 Å². The zero-order valence-electron chi connectivity index (χ0n) is 16.5. The van der Waals surface area contributed by atoms with Gasteiger partial charge < -0.3 is 9.47 Å². The molecule has 2 aromatic carbocycles. The maximum atomic E-state index is 14.1. The lowest BCUT2D eigenvalue weighted by molar-refractivity contribution is -0.164. The third-order valence-electron chi connectivity index (χ3n) is 5.18. The van der Waals surface area contributed by atoms with Crippen LogP contribution in [0.5, 0.6) is 0 Å². The Hall–Kier alpha value is -2.89. The first-order valence-electron chi connectivity index (χ1n) is 9.86. The molecular formula is C23H26FNO4. The highest BCUT2D eigenvalue weighted by molar-refractivity contribution is 5.73. The number of benzene rings is 2. The number of amides is 1. The SMILES string of the molecule is CC1CCC(C(CF)N(Cc2ccccc2)C(=O)OCc2ccccc2)OC1=O. The minimum absolute atomic E-state index is 0.0887. The second kappa shape index (κ2) is 10.0. The standard InChI is InChI=1S/C23H26FNO4/c1-17-12-13-21(29-22(17)26)20(14-24)25(15-18-8-4-2-5-9-18)23(27)28-16-19-10-6-3-7-11-19/h2-11,17,20-21H,12-16H2,1H3. The number of alkyl halides is 1. The molecule has 0 bridgehead atoms. The molecule has 1 aliphatic heterocycles. The molecule has 3 rings (SSSR count). The summed E-state index contributed by atoms with van der Waals surface area (Å²) < 4.78 is 25.0. The van der Waals surface area contributed by atoms with Crippen LogP contribution in [0, 0.1) is 5.92 Å². The van der Waals surface area contributed by atoms with E-state index in [4.69, 9.17) is 9.47 Å². The largest absolute Gasteiger partial charge is 0.460 e. The van der Waals surface area contributed by atoms with Gasteiger partial charge in [0.25, 0.3) is 0 Å². The molecule has 0 aliphatic carbocycles. The highest BCUT2D eigenvalue weighted by Crippen LogP contribution is 2.26. The lowest BCUT2D eigenvalue weighted by atomic mass is 9.95. The third kappa shape index (κ3) is 5.56. The minimum Gasteiger partial charge on any atom is -0.460 e. The molecule has 1 aliphatic rings. The highest BCUT2D eigenvalue weighted by Gasteiger charge is 2.38. The lowest BCUT2D eigenvalue weighted by Crippen LogP contribution is -2.51. The Balaban J connectivity index is 1.77. The summed E-state index contributed by atoms with van der Waals surface area (Å²) in [5.41, 5.74) is 1.69. The summed E-state index contributed by atoms with van der Waals surface area (Å²) in [7, 11) is 0. The molecule has 2 aromatic rings. The number of halogens is 1. The van der Waals surface area contributed by atoms with Crippen molar-refractivity contribution in [2.24, 2.45) is 5.92 Å². The first-order valence-corrected chi connectivity index (χ1v) is 9.86. The predicted octanol–water partition coefficient (Wildman–Crippen LogP) is 4.51. The van der Waals surface area contributed by atoms with Gasteiger partial charge >= 0.3 is 12.1 Å². The fraction of sp³-hybridized carbons (Fsp3) is 0.391. The van der Waals surface area contributed by atoms with E-state index in [-0.39, 0.29) is 25.0 Å². The van der Waals surface area contributed by atoms with Crippen LogP contribution in [0.2, 0.25) is 0 Å². The quantitative estimate of drug-likeness (QED) is 0.643. The van der Waals surface area contributed by atoms with E-state index >= 15 is 0 Å². The van der Waals surface area contributed by atoms with Crippen molar-refractivity contribution in [2.75, 3.05) is 6.67 Å². The van der Waals surface area contributed by atoms with Gasteiger partial charge in [-0.15, -0.1) is 0 Å². The number of hydrogen-bond donors (Lipinski definition) is 0. The van der Waals surface area contributed by atoms with E-state index in [1.54, 1.807) is 6.92 Å². The normalized spacial score (nSPS) is 19.9. The number of carbonyl (C=O) groups excluding carboxylic acids is 2. The van der Waals surface area contributed by atoms with E-state index in [1.807, 2.05) is 60.7 Å². The van der Waals surface area contributed by atoms with Crippen molar-refractivity contribution in [3.63, 3.8) is 0 Å². The molecule has 3 atom stereocenters. The van der Waals surface area contributed by atoms with E-state index in [9.17, 15) is 14.0 Å². The summed E-state index contributed by atoms with van der Waals surface area (Å²) in [6.07, 6.45) is -0.191. The average Bonchev–Trinajstić information content (AvgIpc) is 2.75. The van der Waals surface area contributed by atoms with Crippen LogP contribution in [-0.2, 0) is 27.4 Å². The zero-order chi connectivity index (χ0) is 20.6. The highest BCUT2D eigenvalue weighted by atomic mass is 19.1. The molecule has 0 saturated carbocycles. The van der Waals surface area contributed by atoms with Gasteiger partial charge in [-0.05, 0) is 24.0 Å². The van der Waals surface area contributed by atoms with Gasteiger partial charge in [0.2, 0.25) is 0 Å². The summed E-state index contributed by atoms with van der Waals surface area (Å²) in [5.74, 6) is -0.559. The fourth-order valence-corrected chi connectivity index (χ4v) is 3.41. The van der Waals surface area contributed by atoms with Crippen LogP contribution >= 0.6 is 0 Å². The van der Waals surface area contributed by atoms with Crippen molar-refractivity contribution in [3.05, 3.63) is 71.8 Å². The van der Waals surface area contributed by atoms with Crippen LogP contribution in [0.1, 0.15) is 30.9 Å². The van der Waals surface area contributed by atoms with E-state index in [0.29, 0.717) is 12.8 Å². The van der Waals surface area contributed by atoms with Gasteiger partial charge in [0, 0.05) is 6.54 Å². The van der Waals surface area contributed by atoms with Crippen molar-refractivity contribution >= 4 is 12.1 Å². The summed E-state index contributed by atoms with van der Waals surface area (Å²) in [6.45, 7) is 1.23. The number of cyclic esters (lactones) is 1. The summed E-state index contributed by atoms with van der Waals surface area (Å²) in [4.78, 5) is 26.3. The van der Waals surface area contributed by atoms with Gasteiger partial charge in [0.1, 0.15) is 25.4 Å². The van der Waals surface area contributed by atoms with Gasteiger partial charge in [0.05, 0.1) is 5.92 Å². The molecule has 6 heteroatoms. The molecule has 1 heterocycles. The number of rotatable bonds is 7. The summed E-state index contributed by atoms with van der Waals surface area (Å²) >= 11 is 0. The molecule has 1 saturated heterocycles. The predicted molar refractivity (Wildman–Crippen MR) is 107 cm³/mol. The zero-order valence-corrected chi connectivity index (χ0v) is 16.5. The molecule has 0 N–H and O–H groups in total. The number of carbonyl (C=O) groups is 2. The number of nitrogens with zero attached hydrogens (tertiary/aromatic N) is 1. The van der Waals surface area contributed by atoms with Crippen LogP contribution in [0.4, 0.5) is 9.18 Å². The van der Waals surface area contributed by atoms with Crippen LogP contribution in [-0.4, -0.2) is 35.8 Å². The van der Waals surface area contributed by atoms with Crippen molar-refractivity contribution in [1.82, 2.24) is 4.90 Å². The Labute approximate surface area is 170 Å². The molecule has 3 unspecified atom stereocenters. The second-order valence-electron chi connectivity index (χ2n) is 7.33. The van der Waals surface area contributed by atoms with E-state index < -0.39 is 24.9 Å². The Morgan fingerprint density at radius 1 is 1.10 bits per heavy atom. The van der Waals surface area contributed by atoms with Crippen molar-refractivity contribution < 1.29 is 23.5 Å². The first kappa shape index (κ1) is 20.8. The monoisotopic (exact) mass is 399 g/mol. The molecule has 1 fully saturated rings. The van der Waals surface area contributed by atoms with Crippen LogP contribution in [0.25, 0.3) is 0 Å². The maximum absolute atomic E-state index is 14.1. The molecule has 154 valence electrons. The minimum atomic E-state index is -0.894. The summed E-state index contributed by atoms with van der Waals surface area (Å²) in [6, 6.07) is 17.7. The molecule has 0 aromatic heterocycles. The summed E-state index contributed by atoms with van der Waals surface area (Å²) in [5, 5.41) is 0. The fourth-order valence-electron chi connectivity index (χ4n) is 3.41. The van der Waals surface area contributed by atoms with E-state index in [2.05, 4.69) is 0 Å². The molecule has 1 amide bonds. The maximum Gasteiger partial charge on any atom is 0.410 e. The molecule has 0 radical (unpaired) electrons. The van der Waals surface area contributed by atoms with Gasteiger partial charge in [-0.1, -0.05) is 67.6 Å². The van der Waals surface area contributed by atoms with E-state index in [0.717, 1.165) is 11.1 Å². The Kier molecular flexibility index (Phi) is 7.22. The average molecular weight is 399 g/mol. The van der Waals surface area contributed by atoms with E-state index in [1.165, 1.54) is 4.90 Å². The van der Waals surface area contributed by atoms with Crippen molar-refractivity contribution in [3.8, 4) is 0 Å². The Bertz CT molecular complexity index is 799. The Morgan fingerprint density at radius 3 is 2.31 bits per heavy atom. The number of hydrogen-bond acceptors (Lipinski definition) is 4. The molecule has 0 spiro atoms. The van der Waals surface area contributed by atoms with Crippen molar-refractivity contribution in [2.45, 2.75) is 45.1 Å². The van der Waals surface area contributed by atoms with Crippen LogP contribution in [0.15, 0.2) is 60.7 Å². The van der Waals surface area contributed by atoms with Gasteiger partial charge in [-0.25, -0.2) is 9.18 Å².